The number of rotatable bonds is 7. The smallest absolute Gasteiger partial charge is 0.243 e. The summed E-state index contributed by atoms with van der Waals surface area (Å²) in [7, 11) is -3.04. The van der Waals surface area contributed by atoms with E-state index in [0.29, 0.717) is 12.4 Å². The molecule has 1 heterocycles. The molecule has 18 heavy (non-hydrogen) atoms. The van der Waals surface area contributed by atoms with Gasteiger partial charge in [0.25, 0.3) is 0 Å². The first-order chi connectivity index (χ1) is 8.33. The highest BCUT2D eigenvalue weighted by Crippen LogP contribution is 2.17. The molecular weight excluding hydrogens is 258 g/mol. The summed E-state index contributed by atoms with van der Waals surface area (Å²) >= 11 is 0. The van der Waals surface area contributed by atoms with Crippen LogP contribution in [0.4, 0.5) is 0 Å². The zero-order chi connectivity index (χ0) is 13.8. The van der Waals surface area contributed by atoms with Crippen LogP contribution < -0.4 is 5.73 Å². The number of aromatic nitrogens is 2. The maximum absolute atomic E-state index is 11.0. The number of sulfone groups is 1. The molecule has 0 bridgehead atoms. The Morgan fingerprint density at radius 1 is 1.50 bits per heavy atom. The van der Waals surface area contributed by atoms with Crippen LogP contribution in [0.1, 0.15) is 44.1 Å². The average Bonchev–Trinajstić information content (AvgIpc) is 2.74. The van der Waals surface area contributed by atoms with E-state index < -0.39 is 15.9 Å². The monoisotopic (exact) mass is 277 g/mol. The van der Waals surface area contributed by atoms with E-state index in [-0.39, 0.29) is 24.2 Å². The van der Waals surface area contributed by atoms with E-state index in [1.165, 1.54) is 0 Å². The van der Waals surface area contributed by atoms with Crippen molar-refractivity contribution in [3.05, 3.63) is 11.7 Å². The van der Waals surface area contributed by atoms with Gasteiger partial charge < -0.3 is 15.0 Å². The van der Waals surface area contributed by atoms with Gasteiger partial charge in [0.1, 0.15) is 15.9 Å². The van der Waals surface area contributed by atoms with Gasteiger partial charge in [-0.1, -0.05) is 5.16 Å². The Hall–Kier alpha value is -0.990. The zero-order valence-electron chi connectivity index (χ0n) is 10.8. The van der Waals surface area contributed by atoms with Crippen molar-refractivity contribution >= 4 is 9.84 Å². The van der Waals surface area contributed by atoms with Crippen LogP contribution in [0, 0.1) is 0 Å². The predicted octanol–water partition coefficient (Wildman–Crippen LogP) is 0.602. The largest absolute Gasteiger partial charge is 0.371 e. The number of hydrogen-bond donors (Lipinski definition) is 1. The first kappa shape index (κ1) is 15.1. The molecule has 0 fully saturated rings. The van der Waals surface area contributed by atoms with E-state index in [0.717, 1.165) is 6.26 Å². The van der Waals surface area contributed by atoms with E-state index in [1.807, 2.05) is 6.92 Å². The van der Waals surface area contributed by atoms with E-state index in [2.05, 4.69) is 10.1 Å². The molecule has 104 valence electrons. The molecule has 1 aromatic heterocycles. The minimum Gasteiger partial charge on any atom is -0.371 e. The van der Waals surface area contributed by atoms with Gasteiger partial charge in [-0.2, -0.15) is 4.98 Å². The van der Waals surface area contributed by atoms with Gasteiger partial charge in [-0.05, 0) is 20.3 Å². The van der Waals surface area contributed by atoms with Gasteiger partial charge in [-0.15, -0.1) is 0 Å². The summed E-state index contributed by atoms with van der Waals surface area (Å²) in [4.78, 5) is 4.11. The second-order valence-electron chi connectivity index (χ2n) is 4.11. The van der Waals surface area contributed by atoms with E-state index >= 15 is 0 Å². The Labute approximate surface area is 107 Å². The highest BCUT2D eigenvalue weighted by molar-refractivity contribution is 7.90. The standard InChI is InChI=1S/C10H19N3O4S/c1-4-16-7(2)9-12-10(17-13-9)8(11)5-6-18(3,14)15/h7-8H,4-6,11H2,1-3H3. The van der Waals surface area contributed by atoms with Gasteiger partial charge >= 0.3 is 0 Å². The van der Waals surface area contributed by atoms with E-state index in [9.17, 15) is 8.42 Å². The van der Waals surface area contributed by atoms with Crippen LogP contribution in [0.15, 0.2) is 4.52 Å². The molecule has 0 spiro atoms. The minimum atomic E-state index is -3.04. The van der Waals surface area contributed by atoms with Crippen LogP contribution in [-0.2, 0) is 14.6 Å². The van der Waals surface area contributed by atoms with Crippen molar-refractivity contribution in [3.8, 4) is 0 Å². The molecule has 2 unspecified atom stereocenters. The lowest BCUT2D eigenvalue weighted by Crippen LogP contribution is -2.16. The summed E-state index contributed by atoms with van der Waals surface area (Å²) in [6, 6.07) is -0.574. The number of ether oxygens (including phenoxy) is 1. The maximum Gasteiger partial charge on any atom is 0.243 e. The zero-order valence-corrected chi connectivity index (χ0v) is 11.6. The third kappa shape index (κ3) is 4.71. The molecule has 0 amide bonds. The predicted molar refractivity (Wildman–Crippen MR) is 65.6 cm³/mol. The molecular formula is C10H19N3O4S. The third-order valence-electron chi connectivity index (χ3n) is 2.35. The minimum absolute atomic E-state index is 0.00705. The molecule has 0 saturated heterocycles. The summed E-state index contributed by atoms with van der Waals surface area (Å²) in [5.74, 6) is 0.647. The Morgan fingerprint density at radius 3 is 2.72 bits per heavy atom. The summed E-state index contributed by atoms with van der Waals surface area (Å²) in [5.41, 5.74) is 5.79. The van der Waals surface area contributed by atoms with Crippen LogP contribution in [0.2, 0.25) is 0 Å². The fourth-order valence-electron chi connectivity index (χ4n) is 1.35. The summed E-state index contributed by atoms with van der Waals surface area (Å²) in [6.45, 7) is 4.22. The molecule has 0 radical (unpaired) electrons. The molecule has 2 atom stereocenters. The van der Waals surface area contributed by atoms with Gasteiger partial charge in [-0.3, -0.25) is 0 Å². The molecule has 2 N–H and O–H groups in total. The van der Waals surface area contributed by atoms with E-state index in [1.54, 1.807) is 6.92 Å². The second kappa shape index (κ2) is 6.26. The van der Waals surface area contributed by atoms with Gasteiger partial charge in [0.15, 0.2) is 5.82 Å². The Morgan fingerprint density at radius 2 is 2.17 bits per heavy atom. The van der Waals surface area contributed by atoms with Crippen molar-refractivity contribution in [2.75, 3.05) is 18.6 Å². The third-order valence-corrected chi connectivity index (χ3v) is 3.33. The van der Waals surface area contributed by atoms with Crippen LogP contribution in [0.5, 0.6) is 0 Å². The molecule has 8 heteroatoms. The van der Waals surface area contributed by atoms with Crippen LogP contribution in [0.25, 0.3) is 0 Å². The molecule has 0 aromatic carbocycles. The fraction of sp³-hybridized carbons (Fsp3) is 0.800. The lowest BCUT2D eigenvalue weighted by Gasteiger charge is -2.06. The second-order valence-corrected chi connectivity index (χ2v) is 6.37. The van der Waals surface area contributed by atoms with Crippen molar-refractivity contribution in [3.63, 3.8) is 0 Å². The van der Waals surface area contributed by atoms with Crippen molar-refractivity contribution in [1.82, 2.24) is 10.1 Å². The Kier molecular flexibility index (Phi) is 5.24. The fourth-order valence-corrected chi connectivity index (χ4v) is 2.03. The van der Waals surface area contributed by atoms with Crippen LogP contribution in [-0.4, -0.2) is 37.2 Å². The van der Waals surface area contributed by atoms with Gasteiger partial charge in [0.05, 0.1) is 11.8 Å². The summed E-state index contributed by atoms with van der Waals surface area (Å²) in [6.07, 6.45) is 1.15. The molecule has 0 saturated carbocycles. The molecule has 1 aromatic rings. The SMILES string of the molecule is CCOC(C)c1noc(C(N)CCS(C)(=O)=O)n1. The quantitative estimate of drug-likeness (QED) is 0.777. The highest BCUT2D eigenvalue weighted by atomic mass is 32.2. The Bertz CT molecular complexity index is 471. The van der Waals surface area contributed by atoms with Gasteiger partial charge in [0.2, 0.25) is 5.89 Å². The molecule has 0 aliphatic heterocycles. The first-order valence-electron chi connectivity index (χ1n) is 5.72. The van der Waals surface area contributed by atoms with Gasteiger partial charge in [0, 0.05) is 12.9 Å². The maximum atomic E-state index is 11.0. The summed E-state index contributed by atoms with van der Waals surface area (Å²) in [5, 5.41) is 3.76. The Balaban J connectivity index is 2.62. The van der Waals surface area contributed by atoms with Crippen LogP contribution >= 0.6 is 0 Å². The number of nitrogens with zero attached hydrogens (tertiary/aromatic N) is 2. The van der Waals surface area contributed by atoms with Crippen LogP contribution in [0.3, 0.4) is 0 Å². The average molecular weight is 277 g/mol. The number of hydrogen-bond acceptors (Lipinski definition) is 7. The van der Waals surface area contributed by atoms with Gasteiger partial charge in [-0.25, -0.2) is 8.42 Å². The lowest BCUT2D eigenvalue weighted by atomic mass is 10.2. The molecule has 0 aliphatic rings. The van der Waals surface area contributed by atoms with Crippen molar-refractivity contribution in [2.45, 2.75) is 32.4 Å². The van der Waals surface area contributed by atoms with Crippen molar-refractivity contribution in [2.24, 2.45) is 5.73 Å². The highest BCUT2D eigenvalue weighted by Gasteiger charge is 2.19. The molecule has 0 aliphatic carbocycles. The van der Waals surface area contributed by atoms with E-state index in [4.69, 9.17) is 15.0 Å². The molecule has 7 nitrogen and oxygen atoms in total. The topological polar surface area (TPSA) is 108 Å². The van der Waals surface area contributed by atoms with Crippen molar-refractivity contribution in [1.29, 1.82) is 0 Å². The normalized spacial score (nSPS) is 15.6. The first-order valence-corrected chi connectivity index (χ1v) is 7.78. The number of nitrogens with two attached hydrogens (primary N) is 1. The van der Waals surface area contributed by atoms with Crippen molar-refractivity contribution < 1.29 is 17.7 Å². The molecule has 1 rings (SSSR count). The summed E-state index contributed by atoms with van der Waals surface area (Å²) < 4.78 is 32.4. The lowest BCUT2D eigenvalue weighted by molar-refractivity contribution is 0.0683.